The van der Waals surface area contributed by atoms with Gasteiger partial charge in [0.15, 0.2) is 0 Å². The molecule has 196 valence electrons. The SMILES string of the molecule is C=Cc1cc(C)cc(Cl)c1OCCOc1ccc(CC(CN)c2ccc(-c3ccccc3Cl)cc2Cl)cc1. The predicted octanol–water partition coefficient (Wildman–Crippen LogP) is 9.01. The molecule has 0 fully saturated rings. The van der Waals surface area contributed by atoms with Gasteiger partial charge in [-0.25, -0.2) is 0 Å². The number of nitrogens with two attached hydrogens (primary N) is 1. The Labute approximate surface area is 239 Å². The highest BCUT2D eigenvalue weighted by atomic mass is 35.5. The Morgan fingerprint density at radius 3 is 2.26 bits per heavy atom. The summed E-state index contributed by atoms with van der Waals surface area (Å²) in [7, 11) is 0. The third-order valence-electron chi connectivity index (χ3n) is 6.35. The first-order valence-corrected chi connectivity index (χ1v) is 13.5. The van der Waals surface area contributed by atoms with Gasteiger partial charge in [-0.3, -0.25) is 0 Å². The lowest BCUT2D eigenvalue weighted by molar-refractivity contribution is 0.217. The molecule has 0 aliphatic carbocycles. The summed E-state index contributed by atoms with van der Waals surface area (Å²) in [6, 6.07) is 25.7. The van der Waals surface area contributed by atoms with Gasteiger partial charge < -0.3 is 15.2 Å². The van der Waals surface area contributed by atoms with Crippen molar-refractivity contribution in [3.8, 4) is 22.6 Å². The van der Waals surface area contributed by atoms with E-state index < -0.39 is 0 Å². The van der Waals surface area contributed by atoms with E-state index in [0.29, 0.717) is 40.6 Å². The molecule has 6 heteroatoms. The maximum atomic E-state index is 6.70. The van der Waals surface area contributed by atoms with Crippen LogP contribution in [0, 0.1) is 6.92 Å². The van der Waals surface area contributed by atoms with E-state index in [1.165, 1.54) is 0 Å². The fourth-order valence-electron chi connectivity index (χ4n) is 4.41. The molecule has 3 nitrogen and oxygen atoms in total. The first kappa shape index (κ1) is 28.1. The van der Waals surface area contributed by atoms with Crippen molar-refractivity contribution in [1.82, 2.24) is 0 Å². The summed E-state index contributed by atoms with van der Waals surface area (Å²) in [4.78, 5) is 0. The van der Waals surface area contributed by atoms with Crippen LogP contribution in [0.2, 0.25) is 15.1 Å². The number of rotatable bonds is 11. The monoisotopic (exact) mass is 565 g/mol. The quantitative estimate of drug-likeness (QED) is 0.184. The van der Waals surface area contributed by atoms with Crippen LogP contribution in [0.15, 0.2) is 85.4 Å². The molecule has 0 aromatic heterocycles. The summed E-state index contributed by atoms with van der Waals surface area (Å²) in [5.41, 5.74) is 12.2. The molecule has 0 aliphatic heterocycles. The minimum atomic E-state index is 0.0845. The second kappa shape index (κ2) is 13.2. The van der Waals surface area contributed by atoms with Gasteiger partial charge in [0.1, 0.15) is 24.7 Å². The summed E-state index contributed by atoms with van der Waals surface area (Å²) in [5.74, 6) is 1.47. The molecule has 4 aromatic carbocycles. The Morgan fingerprint density at radius 1 is 0.842 bits per heavy atom. The summed E-state index contributed by atoms with van der Waals surface area (Å²) < 4.78 is 11.7. The van der Waals surface area contributed by atoms with Crippen molar-refractivity contribution in [3.63, 3.8) is 0 Å². The average Bonchev–Trinajstić information content (AvgIpc) is 2.91. The molecule has 2 N–H and O–H groups in total. The number of hydrogen-bond acceptors (Lipinski definition) is 3. The van der Waals surface area contributed by atoms with E-state index in [-0.39, 0.29) is 5.92 Å². The maximum absolute atomic E-state index is 6.70. The van der Waals surface area contributed by atoms with E-state index in [9.17, 15) is 0 Å². The number of aryl methyl sites for hydroxylation is 1. The normalized spacial score (nSPS) is 11.7. The molecule has 0 heterocycles. The topological polar surface area (TPSA) is 44.5 Å². The minimum absolute atomic E-state index is 0.0845. The zero-order valence-corrected chi connectivity index (χ0v) is 23.5. The van der Waals surface area contributed by atoms with E-state index >= 15 is 0 Å². The second-order valence-electron chi connectivity index (χ2n) is 9.06. The van der Waals surface area contributed by atoms with Gasteiger partial charge in [-0.05, 0) is 78.5 Å². The molecule has 0 aliphatic rings. The molecule has 0 bridgehead atoms. The molecular formula is C32H30Cl3NO2. The van der Waals surface area contributed by atoms with Crippen LogP contribution in [0.5, 0.6) is 11.5 Å². The molecule has 1 unspecified atom stereocenters. The highest BCUT2D eigenvalue weighted by Gasteiger charge is 2.16. The lowest BCUT2D eigenvalue weighted by atomic mass is 9.90. The smallest absolute Gasteiger partial charge is 0.145 e. The highest BCUT2D eigenvalue weighted by Crippen LogP contribution is 2.34. The van der Waals surface area contributed by atoms with Crippen molar-refractivity contribution in [1.29, 1.82) is 0 Å². The zero-order chi connectivity index (χ0) is 27.1. The van der Waals surface area contributed by atoms with Gasteiger partial charge in [0.2, 0.25) is 0 Å². The Hall–Kier alpha value is -2.95. The molecule has 4 aromatic rings. The van der Waals surface area contributed by atoms with Crippen LogP contribution in [0.3, 0.4) is 0 Å². The number of benzene rings is 4. The minimum Gasteiger partial charge on any atom is -0.490 e. The molecule has 1 atom stereocenters. The van der Waals surface area contributed by atoms with Gasteiger partial charge >= 0.3 is 0 Å². The Morgan fingerprint density at radius 2 is 1.58 bits per heavy atom. The van der Waals surface area contributed by atoms with Crippen LogP contribution < -0.4 is 15.2 Å². The molecule has 0 saturated carbocycles. The first-order chi connectivity index (χ1) is 18.4. The molecule has 0 saturated heterocycles. The fourth-order valence-corrected chi connectivity index (χ4v) is 5.33. The predicted molar refractivity (Wildman–Crippen MR) is 161 cm³/mol. The van der Waals surface area contributed by atoms with Crippen LogP contribution in [0.25, 0.3) is 17.2 Å². The second-order valence-corrected chi connectivity index (χ2v) is 10.3. The number of halogens is 3. The molecular weight excluding hydrogens is 537 g/mol. The molecule has 38 heavy (non-hydrogen) atoms. The Balaban J connectivity index is 1.35. The Bertz CT molecular complexity index is 1400. The summed E-state index contributed by atoms with van der Waals surface area (Å²) in [6.07, 6.45) is 2.50. The van der Waals surface area contributed by atoms with Gasteiger partial charge in [-0.1, -0.05) is 89.9 Å². The van der Waals surface area contributed by atoms with E-state index in [1.54, 1.807) is 6.08 Å². The first-order valence-electron chi connectivity index (χ1n) is 12.4. The van der Waals surface area contributed by atoms with Crippen molar-refractivity contribution in [2.75, 3.05) is 19.8 Å². The van der Waals surface area contributed by atoms with Crippen molar-refractivity contribution in [2.45, 2.75) is 19.3 Å². The molecule has 0 amide bonds. The van der Waals surface area contributed by atoms with Gasteiger partial charge in [-0.15, -0.1) is 0 Å². The highest BCUT2D eigenvalue weighted by molar-refractivity contribution is 6.34. The number of ether oxygens (including phenoxy) is 2. The molecule has 4 rings (SSSR count). The zero-order valence-electron chi connectivity index (χ0n) is 21.2. The van der Waals surface area contributed by atoms with E-state index in [1.807, 2.05) is 73.7 Å². The number of hydrogen-bond donors (Lipinski definition) is 1. The van der Waals surface area contributed by atoms with Crippen LogP contribution in [-0.2, 0) is 6.42 Å². The third-order valence-corrected chi connectivity index (χ3v) is 7.29. The van der Waals surface area contributed by atoms with Crippen molar-refractivity contribution >= 4 is 40.9 Å². The maximum Gasteiger partial charge on any atom is 0.145 e. The van der Waals surface area contributed by atoms with Gasteiger partial charge in [0.05, 0.1) is 5.02 Å². The standard InChI is InChI=1S/C32H30Cl3NO2/c1-3-23-16-21(2)17-31(35)32(23)38-15-14-37-26-11-8-22(9-12-26)18-25(20-36)28-13-10-24(19-30(28)34)27-6-4-5-7-29(27)33/h3-13,16-17,19,25H,1,14-15,18,20,36H2,2H3. The van der Waals surface area contributed by atoms with Gasteiger partial charge in [-0.2, -0.15) is 0 Å². The third kappa shape index (κ3) is 6.92. The summed E-state index contributed by atoms with van der Waals surface area (Å²) in [6.45, 7) is 7.06. The van der Waals surface area contributed by atoms with E-state index in [4.69, 9.17) is 50.0 Å². The lowest BCUT2D eigenvalue weighted by Gasteiger charge is -2.18. The molecule has 0 radical (unpaired) electrons. The van der Waals surface area contributed by atoms with Crippen LogP contribution in [0.4, 0.5) is 0 Å². The van der Waals surface area contributed by atoms with Crippen molar-refractivity contribution in [2.24, 2.45) is 5.73 Å². The van der Waals surface area contributed by atoms with Gasteiger partial charge in [0.25, 0.3) is 0 Å². The van der Waals surface area contributed by atoms with Crippen LogP contribution >= 0.6 is 34.8 Å². The summed E-state index contributed by atoms with van der Waals surface area (Å²) in [5, 5.41) is 1.95. The van der Waals surface area contributed by atoms with Crippen molar-refractivity contribution < 1.29 is 9.47 Å². The van der Waals surface area contributed by atoms with E-state index in [0.717, 1.165) is 45.6 Å². The van der Waals surface area contributed by atoms with Gasteiger partial charge in [0, 0.05) is 27.1 Å². The summed E-state index contributed by atoms with van der Waals surface area (Å²) >= 11 is 19.4. The Kier molecular flexibility index (Phi) is 9.76. The van der Waals surface area contributed by atoms with Crippen molar-refractivity contribution in [3.05, 3.63) is 123 Å². The van der Waals surface area contributed by atoms with Crippen LogP contribution in [0.1, 0.15) is 28.2 Å². The van der Waals surface area contributed by atoms with E-state index in [2.05, 4.69) is 18.7 Å². The lowest BCUT2D eigenvalue weighted by Crippen LogP contribution is -2.15. The fraction of sp³-hybridized carbons (Fsp3) is 0.188. The average molecular weight is 567 g/mol. The largest absolute Gasteiger partial charge is 0.490 e. The van der Waals surface area contributed by atoms with Crippen LogP contribution in [-0.4, -0.2) is 19.8 Å². The molecule has 0 spiro atoms.